The van der Waals surface area contributed by atoms with Gasteiger partial charge >= 0.3 is 0 Å². The predicted octanol–water partition coefficient (Wildman–Crippen LogP) is 4.04. The van der Waals surface area contributed by atoms with E-state index >= 15 is 0 Å². The van der Waals surface area contributed by atoms with Gasteiger partial charge in [-0.05, 0) is 43.5 Å². The molecule has 7 nitrogen and oxygen atoms in total. The number of carbonyl (C=O) groups excluding carboxylic acids is 2. The topological polar surface area (TPSA) is 79.0 Å². The molecule has 2 aliphatic rings. The molecule has 4 bridgehead atoms. The van der Waals surface area contributed by atoms with Gasteiger partial charge in [0.25, 0.3) is 0 Å². The molecule has 1 aliphatic carbocycles. The molecule has 5 heterocycles. The lowest BCUT2D eigenvalue weighted by molar-refractivity contribution is -0.119. The van der Waals surface area contributed by atoms with Gasteiger partial charge in [0.1, 0.15) is 11.3 Å². The molecule has 7 heteroatoms. The summed E-state index contributed by atoms with van der Waals surface area (Å²) in [7, 11) is 0. The minimum absolute atomic E-state index is 0.104. The Morgan fingerprint density at radius 1 is 0.727 bits per heavy atom. The second-order valence-electron chi connectivity index (χ2n) is 8.67. The van der Waals surface area contributed by atoms with E-state index in [1.807, 2.05) is 41.2 Å². The van der Waals surface area contributed by atoms with E-state index in [9.17, 15) is 9.59 Å². The number of aromatic nitrogens is 4. The molecular formula is C26H24N4O3. The number of allylic oxidation sites excluding steroid dienone is 2. The van der Waals surface area contributed by atoms with Crippen LogP contribution in [0.1, 0.15) is 36.8 Å². The highest BCUT2D eigenvalue weighted by Crippen LogP contribution is 2.41. The first-order chi connectivity index (χ1) is 16.2. The normalized spacial score (nSPS) is 17.8. The van der Waals surface area contributed by atoms with E-state index in [4.69, 9.17) is 4.74 Å². The van der Waals surface area contributed by atoms with Crippen molar-refractivity contribution in [2.75, 3.05) is 13.2 Å². The van der Waals surface area contributed by atoms with Gasteiger partial charge in [0.15, 0.2) is 11.6 Å². The molecule has 0 unspecified atom stereocenters. The van der Waals surface area contributed by atoms with Crippen molar-refractivity contribution in [1.29, 1.82) is 0 Å². The Labute approximate surface area is 190 Å². The summed E-state index contributed by atoms with van der Waals surface area (Å²) in [5.74, 6) is -0.271. The molecule has 33 heavy (non-hydrogen) atoms. The van der Waals surface area contributed by atoms with Crippen LogP contribution in [0.4, 0.5) is 0 Å². The molecule has 0 saturated heterocycles. The average Bonchev–Trinajstić information content (AvgIpc) is 3.46. The summed E-state index contributed by atoms with van der Waals surface area (Å²) >= 11 is 0. The first kappa shape index (κ1) is 20.1. The molecule has 0 N–H and O–H groups in total. The van der Waals surface area contributed by atoms with Crippen molar-refractivity contribution >= 4 is 44.8 Å². The SMILES string of the molecule is O=C1CC(=O)C2=C1c1cn(c3ncccc13)CCCCCOCCn1cc2c2cccnc21. The highest BCUT2D eigenvalue weighted by Gasteiger charge is 2.35. The number of fused-ring (bicyclic) bond motifs is 12. The fourth-order valence-electron chi connectivity index (χ4n) is 5.08. The van der Waals surface area contributed by atoms with E-state index < -0.39 is 0 Å². The van der Waals surface area contributed by atoms with Crippen LogP contribution < -0.4 is 0 Å². The molecule has 0 aromatic carbocycles. The number of Topliss-reactive ketones (excluding diaryl/α,β-unsaturated/α-hetero) is 2. The largest absolute Gasteiger partial charge is 0.380 e. The summed E-state index contributed by atoms with van der Waals surface area (Å²) in [4.78, 5) is 35.6. The maximum absolute atomic E-state index is 13.2. The number of hydrogen-bond acceptors (Lipinski definition) is 5. The van der Waals surface area contributed by atoms with Crippen molar-refractivity contribution in [3.8, 4) is 0 Å². The maximum Gasteiger partial charge on any atom is 0.172 e. The molecular weight excluding hydrogens is 416 g/mol. The Kier molecular flexibility index (Phi) is 4.91. The van der Waals surface area contributed by atoms with Crippen LogP contribution in [0.15, 0.2) is 49.1 Å². The summed E-state index contributed by atoms with van der Waals surface area (Å²) in [5, 5.41) is 1.78. The molecule has 1 aliphatic heterocycles. The van der Waals surface area contributed by atoms with E-state index in [0.717, 1.165) is 65.6 Å². The third kappa shape index (κ3) is 3.31. The van der Waals surface area contributed by atoms with Crippen molar-refractivity contribution in [2.45, 2.75) is 38.8 Å². The number of hydrogen-bond donors (Lipinski definition) is 0. The number of rotatable bonds is 0. The van der Waals surface area contributed by atoms with Crippen molar-refractivity contribution in [3.05, 3.63) is 60.2 Å². The smallest absolute Gasteiger partial charge is 0.172 e. The quantitative estimate of drug-likeness (QED) is 0.386. The van der Waals surface area contributed by atoms with Gasteiger partial charge in [-0.1, -0.05) is 0 Å². The molecule has 0 spiro atoms. The number of nitrogens with zero attached hydrogens (tertiary/aromatic N) is 4. The van der Waals surface area contributed by atoms with Crippen molar-refractivity contribution < 1.29 is 14.3 Å². The first-order valence-electron chi connectivity index (χ1n) is 11.5. The van der Waals surface area contributed by atoms with Crippen LogP contribution in [0.3, 0.4) is 0 Å². The average molecular weight is 441 g/mol. The molecule has 166 valence electrons. The molecule has 6 rings (SSSR count). The van der Waals surface area contributed by atoms with E-state index in [1.54, 1.807) is 12.4 Å². The highest BCUT2D eigenvalue weighted by molar-refractivity contribution is 6.52. The van der Waals surface area contributed by atoms with Gasteiger partial charge in [0.2, 0.25) is 0 Å². The Morgan fingerprint density at radius 2 is 1.33 bits per heavy atom. The summed E-state index contributed by atoms with van der Waals surface area (Å²) in [5.41, 5.74) is 4.19. The minimum Gasteiger partial charge on any atom is -0.380 e. The van der Waals surface area contributed by atoms with Gasteiger partial charge in [-0.25, -0.2) is 9.97 Å². The van der Waals surface area contributed by atoms with Gasteiger partial charge in [0.05, 0.1) is 13.0 Å². The number of carbonyl (C=O) groups is 2. The first-order valence-corrected chi connectivity index (χ1v) is 11.5. The van der Waals surface area contributed by atoms with Crippen molar-refractivity contribution in [3.63, 3.8) is 0 Å². The Bertz CT molecular complexity index is 1330. The summed E-state index contributed by atoms with van der Waals surface area (Å²) in [6, 6.07) is 7.70. The lowest BCUT2D eigenvalue weighted by Gasteiger charge is -2.08. The number of ether oxygens (including phenoxy) is 1. The second kappa shape index (κ2) is 8.08. The molecule has 4 aromatic rings. The highest BCUT2D eigenvalue weighted by atomic mass is 16.5. The summed E-state index contributed by atoms with van der Waals surface area (Å²) in [6.07, 6.45) is 10.4. The Hall–Kier alpha value is -3.58. The van der Waals surface area contributed by atoms with Gasteiger partial charge < -0.3 is 13.9 Å². The van der Waals surface area contributed by atoms with Crippen molar-refractivity contribution in [1.82, 2.24) is 19.1 Å². The lowest BCUT2D eigenvalue weighted by atomic mass is 9.96. The number of ketones is 2. The predicted molar refractivity (Wildman–Crippen MR) is 126 cm³/mol. The molecule has 0 atom stereocenters. The maximum atomic E-state index is 13.2. The fraction of sp³-hybridized carbons (Fsp3) is 0.308. The van der Waals surface area contributed by atoms with Gasteiger partial charge in [0, 0.05) is 77.5 Å². The van der Waals surface area contributed by atoms with Gasteiger partial charge in [-0.2, -0.15) is 0 Å². The monoisotopic (exact) mass is 440 g/mol. The van der Waals surface area contributed by atoms with Crippen LogP contribution in [-0.4, -0.2) is 43.9 Å². The lowest BCUT2D eigenvalue weighted by Crippen LogP contribution is -2.07. The molecule has 0 radical (unpaired) electrons. The van der Waals surface area contributed by atoms with Crippen LogP contribution >= 0.6 is 0 Å². The van der Waals surface area contributed by atoms with Gasteiger partial charge in [-0.15, -0.1) is 0 Å². The number of aryl methyl sites for hydroxylation is 1. The van der Waals surface area contributed by atoms with Gasteiger partial charge in [-0.3, -0.25) is 9.59 Å². The zero-order valence-electron chi connectivity index (χ0n) is 18.3. The fourth-order valence-corrected chi connectivity index (χ4v) is 5.08. The van der Waals surface area contributed by atoms with Crippen LogP contribution in [-0.2, 0) is 27.4 Å². The molecule has 0 fully saturated rings. The zero-order chi connectivity index (χ0) is 22.4. The van der Waals surface area contributed by atoms with E-state index in [0.29, 0.717) is 24.3 Å². The van der Waals surface area contributed by atoms with Crippen molar-refractivity contribution in [2.24, 2.45) is 0 Å². The Morgan fingerprint density at radius 3 is 1.97 bits per heavy atom. The summed E-state index contributed by atoms with van der Waals surface area (Å²) in [6.45, 7) is 2.74. The van der Waals surface area contributed by atoms with E-state index in [-0.39, 0.29) is 18.0 Å². The van der Waals surface area contributed by atoms with Crippen LogP contribution in [0.2, 0.25) is 0 Å². The third-order valence-electron chi connectivity index (χ3n) is 6.60. The zero-order valence-corrected chi connectivity index (χ0v) is 18.3. The molecule has 0 amide bonds. The van der Waals surface area contributed by atoms with Crippen LogP contribution in [0.25, 0.3) is 33.2 Å². The van der Waals surface area contributed by atoms with Crippen LogP contribution in [0, 0.1) is 0 Å². The van der Waals surface area contributed by atoms with E-state index in [2.05, 4.69) is 14.5 Å². The molecule has 0 saturated carbocycles. The van der Waals surface area contributed by atoms with E-state index in [1.165, 1.54) is 0 Å². The molecule has 4 aromatic heterocycles. The van der Waals surface area contributed by atoms with Crippen LogP contribution in [0.5, 0.6) is 0 Å². The standard InChI is InChI=1S/C26H24N4O3/c31-21-14-22(32)24-20-16-30(26-18(20)7-5-9-28-26)11-13-33-12-3-1-2-10-29-15-19(23(21)24)17-6-4-8-27-25(17)29/h4-9,15-16H,1-3,10-14H2. The third-order valence-corrected chi connectivity index (χ3v) is 6.60. The minimum atomic E-state index is -0.139. The Balaban J connectivity index is 1.64. The number of pyridine rings is 2. The second-order valence-corrected chi connectivity index (χ2v) is 8.67. The summed E-state index contributed by atoms with van der Waals surface area (Å²) < 4.78 is 10.0.